The van der Waals surface area contributed by atoms with E-state index in [2.05, 4.69) is 10.3 Å². The molecule has 0 spiro atoms. The molecule has 0 bridgehead atoms. The highest BCUT2D eigenvalue weighted by Crippen LogP contribution is 2.24. The van der Waals surface area contributed by atoms with E-state index in [1.54, 1.807) is 23.0 Å². The summed E-state index contributed by atoms with van der Waals surface area (Å²) < 4.78 is 29.1. The molecule has 5 heteroatoms. The van der Waals surface area contributed by atoms with Gasteiger partial charge in [0.15, 0.2) is 11.6 Å². The molecule has 1 aromatic carbocycles. The minimum absolute atomic E-state index is 0.280. The van der Waals surface area contributed by atoms with Crippen molar-refractivity contribution in [3.8, 4) is 0 Å². The standard InChI is InChI=1S/C14H17F2N3/c1-3-7-17-13(14-18-8-9-19(14)2)10-5-4-6-11(15)12(10)16/h4-6,8-9,13,17H,3,7H2,1-2H3. The van der Waals surface area contributed by atoms with E-state index in [1.165, 1.54) is 6.07 Å². The van der Waals surface area contributed by atoms with Crippen LogP contribution in [-0.2, 0) is 7.05 Å². The zero-order valence-corrected chi connectivity index (χ0v) is 11.0. The minimum Gasteiger partial charge on any atom is -0.336 e. The van der Waals surface area contributed by atoms with E-state index in [1.807, 2.05) is 14.0 Å². The molecule has 0 fully saturated rings. The van der Waals surface area contributed by atoms with Crippen molar-refractivity contribution < 1.29 is 8.78 Å². The maximum absolute atomic E-state index is 14.0. The fraction of sp³-hybridized carbons (Fsp3) is 0.357. The molecule has 1 unspecified atom stereocenters. The van der Waals surface area contributed by atoms with Crippen LogP contribution in [0.25, 0.3) is 0 Å². The van der Waals surface area contributed by atoms with Gasteiger partial charge in [-0.2, -0.15) is 0 Å². The van der Waals surface area contributed by atoms with E-state index in [-0.39, 0.29) is 5.56 Å². The van der Waals surface area contributed by atoms with Crippen LogP contribution >= 0.6 is 0 Å². The van der Waals surface area contributed by atoms with Crippen molar-refractivity contribution in [1.29, 1.82) is 0 Å². The molecule has 1 atom stereocenters. The van der Waals surface area contributed by atoms with Crippen molar-refractivity contribution in [2.75, 3.05) is 6.54 Å². The summed E-state index contributed by atoms with van der Waals surface area (Å²) >= 11 is 0. The molecule has 2 rings (SSSR count). The Morgan fingerprint density at radius 2 is 2.16 bits per heavy atom. The van der Waals surface area contributed by atoms with Crippen LogP contribution < -0.4 is 5.32 Å². The molecule has 2 aromatic rings. The summed E-state index contributed by atoms with van der Waals surface area (Å²) in [5.74, 6) is -0.993. The molecule has 0 radical (unpaired) electrons. The fourth-order valence-corrected chi connectivity index (χ4v) is 2.03. The highest BCUT2D eigenvalue weighted by molar-refractivity contribution is 5.27. The van der Waals surface area contributed by atoms with Crippen molar-refractivity contribution in [1.82, 2.24) is 14.9 Å². The Balaban J connectivity index is 2.43. The van der Waals surface area contributed by atoms with Gasteiger partial charge in [0, 0.05) is 25.0 Å². The number of hydrogen-bond donors (Lipinski definition) is 1. The SMILES string of the molecule is CCCNC(c1cccc(F)c1F)c1nccn1C. The van der Waals surface area contributed by atoms with Crippen LogP contribution in [0.2, 0.25) is 0 Å². The molecule has 1 heterocycles. The van der Waals surface area contributed by atoms with Crippen LogP contribution in [0.4, 0.5) is 8.78 Å². The third kappa shape index (κ3) is 2.81. The second-order valence-electron chi connectivity index (χ2n) is 4.43. The highest BCUT2D eigenvalue weighted by Gasteiger charge is 2.22. The topological polar surface area (TPSA) is 29.9 Å². The number of aromatic nitrogens is 2. The van der Waals surface area contributed by atoms with Crippen molar-refractivity contribution in [3.63, 3.8) is 0 Å². The van der Waals surface area contributed by atoms with Gasteiger partial charge in [-0.15, -0.1) is 0 Å². The van der Waals surface area contributed by atoms with Crippen molar-refractivity contribution >= 4 is 0 Å². The molecule has 19 heavy (non-hydrogen) atoms. The largest absolute Gasteiger partial charge is 0.336 e. The Kier molecular flexibility index (Phi) is 4.27. The van der Waals surface area contributed by atoms with Crippen molar-refractivity contribution in [2.45, 2.75) is 19.4 Å². The second-order valence-corrected chi connectivity index (χ2v) is 4.43. The molecule has 0 aliphatic heterocycles. The normalized spacial score (nSPS) is 12.6. The number of benzene rings is 1. The monoisotopic (exact) mass is 265 g/mol. The van der Waals surface area contributed by atoms with Crippen LogP contribution in [-0.4, -0.2) is 16.1 Å². The molecule has 0 aliphatic carbocycles. The first-order valence-corrected chi connectivity index (χ1v) is 6.29. The summed E-state index contributed by atoms with van der Waals surface area (Å²) in [6.45, 7) is 2.72. The first-order chi connectivity index (χ1) is 9.15. The van der Waals surface area contributed by atoms with Crippen molar-refractivity contribution in [2.24, 2.45) is 7.05 Å². The Morgan fingerprint density at radius 1 is 1.37 bits per heavy atom. The zero-order chi connectivity index (χ0) is 13.8. The molecule has 0 amide bonds. The first-order valence-electron chi connectivity index (χ1n) is 6.29. The molecule has 1 aromatic heterocycles. The van der Waals surface area contributed by atoms with Gasteiger partial charge >= 0.3 is 0 Å². The smallest absolute Gasteiger partial charge is 0.164 e. The Hall–Kier alpha value is -1.75. The van der Waals surface area contributed by atoms with Crippen LogP contribution in [0.1, 0.15) is 30.8 Å². The Bertz CT molecular complexity index is 551. The van der Waals surface area contributed by atoms with E-state index in [0.29, 0.717) is 12.4 Å². The lowest BCUT2D eigenvalue weighted by molar-refractivity contribution is 0.471. The number of aryl methyl sites for hydroxylation is 1. The number of rotatable bonds is 5. The molecule has 0 saturated carbocycles. The van der Waals surface area contributed by atoms with Gasteiger partial charge in [0.2, 0.25) is 0 Å². The van der Waals surface area contributed by atoms with Gasteiger partial charge in [-0.05, 0) is 19.0 Å². The Morgan fingerprint density at radius 3 is 2.79 bits per heavy atom. The summed E-state index contributed by atoms with van der Waals surface area (Å²) in [6.07, 6.45) is 4.33. The third-order valence-electron chi connectivity index (χ3n) is 3.01. The first kappa shape index (κ1) is 13.7. The molecule has 0 aliphatic rings. The van der Waals surface area contributed by atoms with Crippen molar-refractivity contribution in [3.05, 3.63) is 53.6 Å². The maximum atomic E-state index is 14.0. The van der Waals surface area contributed by atoms with Gasteiger partial charge in [0.1, 0.15) is 5.82 Å². The number of imidazole rings is 1. The van der Waals surface area contributed by atoms with E-state index >= 15 is 0 Å². The lowest BCUT2D eigenvalue weighted by Crippen LogP contribution is -2.26. The summed E-state index contributed by atoms with van der Waals surface area (Å²) in [6, 6.07) is 3.77. The summed E-state index contributed by atoms with van der Waals surface area (Å²) in [5.41, 5.74) is 0.280. The van der Waals surface area contributed by atoms with Gasteiger partial charge in [-0.3, -0.25) is 0 Å². The summed E-state index contributed by atoms with van der Waals surface area (Å²) in [7, 11) is 1.83. The Labute approximate surface area is 111 Å². The van der Waals surface area contributed by atoms with Crippen LogP contribution in [0.3, 0.4) is 0 Å². The van der Waals surface area contributed by atoms with E-state index < -0.39 is 17.7 Å². The van der Waals surface area contributed by atoms with E-state index in [9.17, 15) is 8.78 Å². The molecule has 102 valence electrons. The molecule has 1 N–H and O–H groups in total. The van der Waals surface area contributed by atoms with E-state index in [0.717, 1.165) is 12.5 Å². The summed E-state index contributed by atoms with van der Waals surface area (Å²) in [5, 5.41) is 3.21. The minimum atomic E-state index is -0.838. The zero-order valence-electron chi connectivity index (χ0n) is 11.0. The van der Waals surface area contributed by atoms with E-state index in [4.69, 9.17) is 0 Å². The second kappa shape index (κ2) is 5.93. The predicted molar refractivity (Wildman–Crippen MR) is 69.7 cm³/mol. The number of hydrogen-bond acceptors (Lipinski definition) is 2. The van der Waals surface area contributed by atoms with Crippen LogP contribution in [0.5, 0.6) is 0 Å². The van der Waals surface area contributed by atoms with Gasteiger partial charge in [0.25, 0.3) is 0 Å². The lowest BCUT2D eigenvalue weighted by Gasteiger charge is -2.19. The molecule has 0 saturated heterocycles. The lowest BCUT2D eigenvalue weighted by atomic mass is 10.0. The van der Waals surface area contributed by atoms with Crippen LogP contribution in [0, 0.1) is 11.6 Å². The quantitative estimate of drug-likeness (QED) is 0.901. The summed E-state index contributed by atoms with van der Waals surface area (Å²) in [4.78, 5) is 4.23. The van der Waals surface area contributed by atoms with Gasteiger partial charge in [0.05, 0.1) is 6.04 Å². The number of nitrogens with zero attached hydrogens (tertiary/aromatic N) is 2. The average molecular weight is 265 g/mol. The predicted octanol–water partition coefficient (Wildman–Crippen LogP) is 2.79. The van der Waals surface area contributed by atoms with Gasteiger partial charge < -0.3 is 9.88 Å². The van der Waals surface area contributed by atoms with Gasteiger partial charge in [-0.1, -0.05) is 19.1 Å². The highest BCUT2D eigenvalue weighted by atomic mass is 19.2. The fourth-order valence-electron chi connectivity index (χ4n) is 2.03. The molecular weight excluding hydrogens is 248 g/mol. The molecular formula is C14H17F2N3. The van der Waals surface area contributed by atoms with Crippen LogP contribution in [0.15, 0.2) is 30.6 Å². The number of nitrogens with one attached hydrogen (secondary N) is 1. The average Bonchev–Trinajstić information content (AvgIpc) is 2.81. The molecule has 3 nitrogen and oxygen atoms in total. The number of halogens is 2. The maximum Gasteiger partial charge on any atom is 0.164 e. The van der Waals surface area contributed by atoms with Gasteiger partial charge in [-0.25, -0.2) is 13.8 Å². The third-order valence-corrected chi connectivity index (χ3v) is 3.01.